The molecule has 0 aliphatic heterocycles. The van der Waals surface area contributed by atoms with Crippen LogP contribution in [0.5, 0.6) is 0 Å². The summed E-state index contributed by atoms with van der Waals surface area (Å²) in [6.45, 7) is 1.65. The first-order valence-electron chi connectivity index (χ1n) is 5.37. The first kappa shape index (κ1) is 12.0. The van der Waals surface area contributed by atoms with Crippen molar-refractivity contribution < 1.29 is 14.3 Å². The van der Waals surface area contributed by atoms with E-state index < -0.39 is 0 Å². The van der Waals surface area contributed by atoms with E-state index in [1.54, 1.807) is 18.9 Å². The Kier molecular flexibility index (Phi) is 4.12. The molecule has 1 rings (SSSR count). The van der Waals surface area contributed by atoms with Crippen LogP contribution in [-0.4, -0.2) is 37.0 Å². The maximum atomic E-state index is 11.3. The Morgan fingerprint density at radius 1 is 1.20 bits per heavy atom. The van der Waals surface area contributed by atoms with Crippen LogP contribution in [0.3, 0.4) is 0 Å². The number of amides is 1. The molecule has 0 unspecified atom stereocenters. The third kappa shape index (κ3) is 2.94. The Morgan fingerprint density at radius 2 is 1.73 bits per heavy atom. The monoisotopic (exact) mass is 213 g/mol. The lowest BCUT2D eigenvalue weighted by atomic mass is 9.83. The molecule has 0 N–H and O–H groups in total. The predicted molar refractivity (Wildman–Crippen MR) is 56.6 cm³/mol. The maximum Gasteiger partial charge on any atom is 0.409 e. The third-order valence-electron chi connectivity index (χ3n) is 3.28. The van der Waals surface area contributed by atoms with Crippen molar-refractivity contribution >= 4 is 11.9 Å². The van der Waals surface area contributed by atoms with E-state index in [1.807, 2.05) is 0 Å². The molecule has 0 saturated heterocycles. The van der Waals surface area contributed by atoms with E-state index in [2.05, 4.69) is 4.74 Å². The molecule has 0 aromatic heterocycles. The number of hydrogen-bond acceptors (Lipinski definition) is 3. The molecular formula is C11H19NO3. The van der Waals surface area contributed by atoms with E-state index in [0.29, 0.717) is 0 Å². The van der Waals surface area contributed by atoms with Crippen LogP contribution in [0.15, 0.2) is 0 Å². The molecule has 1 aliphatic carbocycles. The van der Waals surface area contributed by atoms with Crippen molar-refractivity contribution in [1.82, 2.24) is 4.90 Å². The second-order valence-corrected chi connectivity index (χ2v) is 4.20. The number of carbonyl (C=O) groups excluding carboxylic acids is 2. The van der Waals surface area contributed by atoms with Crippen molar-refractivity contribution in [1.29, 1.82) is 0 Å². The van der Waals surface area contributed by atoms with Gasteiger partial charge in [0.05, 0.1) is 7.11 Å². The Labute approximate surface area is 90.6 Å². The van der Waals surface area contributed by atoms with Gasteiger partial charge in [-0.2, -0.15) is 0 Å². The van der Waals surface area contributed by atoms with Gasteiger partial charge in [0.25, 0.3) is 0 Å². The third-order valence-corrected chi connectivity index (χ3v) is 3.28. The van der Waals surface area contributed by atoms with Crippen molar-refractivity contribution in [2.75, 3.05) is 14.2 Å². The van der Waals surface area contributed by atoms with E-state index >= 15 is 0 Å². The number of nitrogens with zero attached hydrogens (tertiary/aromatic N) is 1. The van der Waals surface area contributed by atoms with E-state index in [1.165, 1.54) is 7.11 Å². The molecule has 1 aliphatic rings. The summed E-state index contributed by atoms with van der Waals surface area (Å²) in [6, 6.07) is 0.230. The summed E-state index contributed by atoms with van der Waals surface area (Å²) in [5.74, 6) is 0.474. The van der Waals surface area contributed by atoms with Gasteiger partial charge in [0, 0.05) is 19.0 Å². The molecule has 0 atom stereocenters. The molecule has 1 amide bonds. The van der Waals surface area contributed by atoms with Crippen molar-refractivity contribution in [3.8, 4) is 0 Å². The van der Waals surface area contributed by atoms with Crippen LogP contribution >= 0.6 is 0 Å². The van der Waals surface area contributed by atoms with Crippen molar-refractivity contribution in [2.45, 2.75) is 38.6 Å². The first-order chi connectivity index (χ1) is 7.06. The number of rotatable bonds is 2. The van der Waals surface area contributed by atoms with Gasteiger partial charge < -0.3 is 9.64 Å². The van der Waals surface area contributed by atoms with Gasteiger partial charge in [-0.1, -0.05) is 0 Å². The molecule has 15 heavy (non-hydrogen) atoms. The minimum absolute atomic E-state index is 0.201. The zero-order valence-corrected chi connectivity index (χ0v) is 9.66. The van der Waals surface area contributed by atoms with Crippen LogP contribution in [0, 0.1) is 5.92 Å². The fourth-order valence-electron chi connectivity index (χ4n) is 2.16. The Balaban J connectivity index is 2.43. The van der Waals surface area contributed by atoms with Crippen LogP contribution in [0.1, 0.15) is 32.6 Å². The molecular weight excluding hydrogens is 194 g/mol. The summed E-state index contributed by atoms with van der Waals surface area (Å²) < 4.78 is 4.66. The molecule has 0 heterocycles. The minimum Gasteiger partial charge on any atom is -0.453 e. The maximum absolute atomic E-state index is 11.3. The number of Topliss-reactive ketones (excluding diaryl/α,β-unsaturated/α-hetero) is 1. The van der Waals surface area contributed by atoms with E-state index in [4.69, 9.17) is 0 Å². The summed E-state index contributed by atoms with van der Waals surface area (Å²) in [6.07, 6.45) is 3.29. The van der Waals surface area contributed by atoms with Crippen molar-refractivity contribution in [2.24, 2.45) is 5.92 Å². The second kappa shape index (κ2) is 5.14. The lowest BCUT2D eigenvalue weighted by Crippen LogP contribution is -2.40. The average Bonchev–Trinajstić information content (AvgIpc) is 2.27. The quantitative estimate of drug-likeness (QED) is 0.703. The Bertz CT molecular complexity index is 244. The van der Waals surface area contributed by atoms with Crippen LogP contribution < -0.4 is 0 Å². The average molecular weight is 213 g/mol. The number of methoxy groups -OCH3 is 1. The summed E-state index contributed by atoms with van der Waals surface area (Å²) in [4.78, 5) is 24.1. The zero-order chi connectivity index (χ0) is 11.4. The van der Waals surface area contributed by atoms with Crippen LogP contribution in [-0.2, 0) is 9.53 Å². The van der Waals surface area contributed by atoms with E-state index in [-0.39, 0.29) is 23.8 Å². The van der Waals surface area contributed by atoms with E-state index in [0.717, 1.165) is 25.7 Å². The lowest BCUT2D eigenvalue weighted by molar-refractivity contribution is -0.121. The van der Waals surface area contributed by atoms with Gasteiger partial charge in [-0.25, -0.2) is 4.79 Å². The molecule has 1 fully saturated rings. The molecule has 4 nitrogen and oxygen atoms in total. The number of hydrogen-bond donors (Lipinski definition) is 0. The fraction of sp³-hybridized carbons (Fsp3) is 0.818. The van der Waals surface area contributed by atoms with Crippen molar-refractivity contribution in [3.05, 3.63) is 0 Å². The first-order valence-corrected chi connectivity index (χ1v) is 5.37. The molecule has 1 saturated carbocycles. The highest BCUT2D eigenvalue weighted by molar-refractivity contribution is 5.78. The second-order valence-electron chi connectivity index (χ2n) is 4.20. The molecule has 0 aromatic rings. The highest BCUT2D eigenvalue weighted by atomic mass is 16.5. The lowest BCUT2D eigenvalue weighted by Gasteiger charge is -2.32. The minimum atomic E-state index is -0.290. The highest BCUT2D eigenvalue weighted by Gasteiger charge is 2.28. The van der Waals surface area contributed by atoms with Gasteiger partial charge in [0.15, 0.2) is 0 Å². The summed E-state index contributed by atoms with van der Waals surface area (Å²) in [5.41, 5.74) is 0. The number of ether oxygens (including phenoxy) is 1. The molecule has 0 spiro atoms. The predicted octanol–water partition coefficient (Wildman–Crippen LogP) is 1.83. The molecule has 0 bridgehead atoms. The Morgan fingerprint density at radius 3 is 2.13 bits per heavy atom. The van der Waals surface area contributed by atoms with Crippen molar-refractivity contribution in [3.63, 3.8) is 0 Å². The molecule has 0 radical (unpaired) electrons. The van der Waals surface area contributed by atoms with Gasteiger partial charge in [-0.05, 0) is 32.6 Å². The smallest absolute Gasteiger partial charge is 0.409 e. The van der Waals surface area contributed by atoms with Gasteiger partial charge in [0.2, 0.25) is 0 Å². The van der Waals surface area contributed by atoms with Crippen LogP contribution in [0.25, 0.3) is 0 Å². The summed E-state index contributed by atoms with van der Waals surface area (Å²) >= 11 is 0. The van der Waals surface area contributed by atoms with Crippen LogP contribution in [0.2, 0.25) is 0 Å². The Hall–Kier alpha value is -1.06. The largest absolute Gasteiger partial charge is 0.453 e. The number of carbonyl (C=O) groups is 2. The summed E-state index contributed by atoms with van der Waals surface area (Å²) in [5, 5.41) is 0. The standard InChI is InChI=1S/C11H19NO3/c1-8(13)9-4-6-10(7-5-9)12(2)11(14)15-3/h9-10H,4-7H2,1-3H3. The van der Waals surface area contributed by atoms with Gasteiger partial charge in [-0.15, -0.1) is 0 Å². The normalized spacial score (nSPS) is 25.8. The topological polar surface area (TPSA) is 46.6 Å². The SMILES string of the molecule is COC(=O)N(C)C1CCC(C(C)=O)CC1. The summed E-state index contributed by atoms with van der Waals surface area (Å²) in [7, 11) is 3.14. The molecule has 86 valence electrons. The number of ketones is 1. The fourth-order valence-corrected chi connectivity index (χ4v) is 2.16. The van der Waals surface area contributed by atoms with Gasteiger partial charge in [-0.3, -0.25) is 4.79 Å². The zero-order valence-electron chi connectivity index (χ0n) is 9.66. The van der Waals surface area contributed by atoms with Gasteiger partial charge >= 0.3 is 6.09 Å². The van der Waals surface area contributed by atoms with Gasteiger partial charge in [0.1, 0.15) is 5.78 Å². The van der Waals surface area contributed by atoms with E-state index in [9.17, 15) is 9.59 Å². The van der Waals surface area contributed by atoms with Crippen LogP contribution in [0.4, 0.5) is 4.79 Å². The molecule has 4 heteroatoms. The highest BCUT2D eigenvalue weighted by Crippen LogP contribution is 2.27. The molecule has 0 aromatic carbocycles.